The first-order valence-electron chi connectivity index (χ1n) is 6.46. The number of nitrogens with one attached hydrogen (secondary N) is 1. The van der Waals surface area contributed by atoms with Gasteiger partial charge in [0, 0.05) is 23.9 Å². The Hall–Kier alpha value is -1.98. The molecule has 1 fully saturated rings. The minimum Gasteiger partial charge on any atom is -0.550 e. The van der Waals surface area contributed by atoms with Gasteiger partial charge in [0.1, 0.15) is 11.6 Å². The van der Waals surface area contributed by atoms with E-state index in [0.29, 0.717) is 18.9 Å². The number of halogens is 2. The smallest absolute Gasteiger partial charge is 0.228 e. The quantitative estimate of drug-likeness (QED) is 0.912. The molecule has 20 heavy (non-hydrogen) atoms. The molecule has 0 aromatic heterocycles. The van der Waals surface area contributed by atoms with E-state index in [-0.39, 0.29) is 5.69 Å². The molecular formula is C14H14F2NO3-. The first kappa shape index (κ1) is 14.4. The van der Waals surface area contributed by atoms with Crippen LogP contribution in [0.1, 0.15) is 25.7 Å². The number of carboxylic acid groups (broad SMARTS) is 1. The van der Waals surface area contributed by atoms with Crippen molar-refractivity contribution < 1.29 is 23.5 Å². The zero-order chi connectivity index (χ0) is 14.7. The fourth-order valence-corrected chi connectivity index (χ4v) is 2.54. The number of carboxylic acids is 1. The van der Waals surface area contributed by atoms with Crippen molar-refractivity contribution in [1.82, 2.24) is 0 Å². The van der Waals surface area contributed by atoms with E-state index in [1.165, 1.54) is 0 Å². The fourth-order valence-electron chi connectivity index (χ4n) is 2.54. The van der Waals surface area contributed by atoms with Crippen LogP contribution >= 0.6 is 0 Å². The first-order chi connectivity index (χ1) is 9.49. The van der Waals surface area contributed by atoms with E-state index < -0.39 is 35.3 Å². The number of anilines is 1. The van der Waals surface area contributed by atoms with E-state index in [2.05, 4.69) is 5.32 Å². The number of amides is 1. The van der Waals surface area contributed by atoms with Crippen molar-refractivity contribution in [3.05, 3.63) is 29.8 Å². The van der Waals surface area contributed by atoms with E-state index in [1.807, 2.05) is 0 Å². The van der Waals surface area contributed by atoms with Gasteiger partial charge in [0.2, 0.25) is 5.91 Å². The van der Waals surface area contributed by atoms with Gasteiger partial charge in [-0.1, -0.05) is 12.8 Å². The molecule has 1 amide bonds. The second-order valence-electron chi connectivity index (χ2n) is 4.93. The summed E-state index contributed by atoms with van der Waals surface area (Å²) in [5.41, 5.74) is -0.154. The van der Waals surface area contributed by atoms with Gasteiger partial charge in [-0.3, -0.25) is 4.79 Å². The van der Waals surface area contributed by atoms with Crippen LogP contribution in [0.2, 0.25) is 0 Å². The van der Waals surface area contributed by atoms with Crippen LogP contribution in [0.15, 0.2) is 18.2 Å². The first-order valence-corrected chi connectivity index (χ1v) is 6.46. The summed E-state index contributed by atoms with van der Waals surface area (Å²) in [5.74, 6) is -5.05. The zero-order valence-corrected chi connectivity index (χ0v) is 10.7. The number of hydrogen-bond donors (Lipinski definition) is 1. The van der Waals surface area contributed by atoms with Crippen molar-refractivity contribution in [1.29, 1.82) is 0 Å². The van der Waals surface area contributed by atoms with Gasteiger partial charge in [-0.15, -0.1) is 0 Å². The van der Waals surface area contributed by atoms with Crippen molar-refractivity contribution >= 4 is 17.6 Å². The lowest BCUT2D eigenvalue weighted by atomic mass is 9.78. The monoisotopic (exact) mass is 282 g/mol. The molecule has 2 atom stereocenters. The summed E-state index contributed by atoms with van der Waals surface area (Å²) >= 11 is 0. The molecule has 1 saturated carbocycles. The average molecular weight is 282 g/mol. The van der Waals surface area contributed by atoms with Gasteiger partial charge in [-0.25, -0.2) is 8.78 Å². The van der Waals surface area contributed by atoms with Gasteiger partial charge in [0.15, 0.2) is 0 Å². The molecular weight excluding hydrogens is 268 g/mol. The number of carbonyl (C=O) groups is 2. The molecule has 1 aromatic rings. The summed E-state index contributed by atoms with van der Waals surface area (Å²) in [6, 6.07) is 2.79. The topological polar surface area (TPSA) is 69.2 Å². The summed E-state index contributed by atoms with van der Waals surface area (Å²) in [5, 5.41) is 13.3. The lowest BCUT2D eigenvalue weighted by Gasteiger charge is -2.31. The van der Waals surface area contributed by atoms with Gasteiger partial charge in [0.05, 0.1) is 5.69 Å². The average Bonchev–Trinajstić information content (AvgIpc) is 2.41. The van der Waals surface area contributed by atoms with Crippen LogP contribution in [0.25, 0.3) is 0 Å². The Labute approximate surface area is 114 Å². The van der Waals surface area contributed by atoms with Crippen LogP contribution < -0.4 is 10.4 Å². The second-order valence-corrected chi connectivity index (χ2v) is 4.93. The van der Waals surface area contributed by atoms with E-state index in [0.717, 1.165) is 25.0 Å². The van der Waals surface area contributed by atoms with Gasteiger partial charge >= 0.3 is 0 Å². The predicted molar refractivity (Wildman–Crippen MR) is 65.4 cm³/mol. The molecule has 1 aromatic carbocycles. The third-order valence-corrected chi connectivity index (χ3v) is 3.59. The fraction of sp³-hybridized carbons (Fsp3) is 0.429. The van der Waals surface area contributed by atoms with E-state index in [9.17, 15) is 23.5 Å². The molecule has 0 saturated heterocycles. The van der Waals surface area contributed by atoms with Crippen LogP contribution in [0, 0.1) is 23.5 Å². The molecule has 6 heteroatoms. The van der Waals surface area contributed by atoms with Crippen LogP contribution in [0.5, 0.6) is 0 Å². The second kappa shape index (κ2) is 5.98. The third-order valence-electron chi connectivity index (χ3n) is 3.59. The van der Waals surface area contributed by atoms with Crippen molar-refractivity contribution in [2.45, 2.75) is 25.7 Å². The lowest BCUT2D eigenvalue weighted by Crippen LogP contribution is -2.42. The Morgan fingerprint density at radius 2 is 1.80 bits per heavy atom. The Balaban J connectivity index is 2.12. The van der Waals surface area contributed by atoms with Crippen molar-refractivity contribution in [2.24, 2.45) is 11.8 Å². The lowest BCUT2D eigenvalue weighted by molar-refractivity contribution is -0.313. The van der Waals surface area contributed by atoms with Gasteiger partial charge in [-0.05, 0) is 25.0 Å². The molecule has 0 spiro atoms. The van der Waals surface area contributed by atoms with Crippen LogP contribution in [0.4, 0.5) is 14.5 Å². The molecule has 108 valence electrons. The van der Waals surface area contributed by atoms with Crippen LogP contribution in [-0.2, 0) is 9.59 Å². The number of rotatable bonds is 3. The maximum Gasteiger partial charge on any atom is 0.228 e. The molecule has 1 aliphatic rings. The maximum atomic E-state index is 13.5. The van der Waals surface area contributed by atoms with Gasteiger partial charge in [0.25, 0.3) is 0 Å². The van der Waals surface area contributed by atoms with Crippen molar-refractivity contribution in [2.75, 3.05) is 5.32 Å². The summed E-state index contributed by atoms with van der Waals surface area (Å²) in [7, 11) is 0. The van der Waals surface area contributed by atoms with Crippen molar-refractivity contribution in [3.63, 3.8) is 0 Å². The van der Waals surface area contributed by atoms with Crippen LogP contribution in [0.3, 0.4) is 0 Å². The van der Waals surface area contributed by atoms with Gasteiger partial charge < -0.3 is 15.2 Å². The highest BCUT2D eigenvalue weighted by Gasteiger charge is 2.32. The largest absolute Gasteiger partial charge is 0.550 e. The molecule has 2 rings (SSSR count). The minimum atomic E-state index is -1.26. The maximum absolute atomic E-state index is 13.5. The summed E-state index contributed by atoms with van der Waals surface area (Å²) in [6.07, 6.45) is 2.28. The predicted octanol–water partition coefficient (Wildman–Crippen LogP) is 1.46. The van der Waals surface area contributed by atoms with E-state index in [4.69, 9.17) is 0 Å². The molecule has 0 heterocycles. The number of aliphatic carboxylic acids is 1. The highest BCUT2D eigenvalue weighted by molar-refractivity contribution is 5.95. The highest BCUT2D eigenvalue weighted by Crippen LogP contribution is 2.31. The van der Waals surface area contributed by atoms with Crippen LogP contribution in [-0.4, -0.2) is 11.9 Å². The highest BCUT2D eigenvalue weighted by atomic mass is 19.1. The van der Waals surface area contributed by atoms with E-state index >= 15 is 0 Å². The summed E-state index contributed by atoms with van der Waals surface area (Å²) in [4.78, 5) is 23.1. The summed E-state index contributed by atoms with van der Waals surface area (Å²) < 4.78 is 26.2. The molecule has 1 N–H and O–H groups in total. The number of benzene rings is 1. The molecule has 1 aliphatic carbocycles. The van der Waals surface area contributed by atoms with Crippen molar-refractivity contribution in [3.8, 4) is 0 Å². The number of hydrogen-bond acceptors (Lipinski definition) is 3. The molecule has 4 nitrogen and oxygen atoms in total. The zero-order valence-electron chi connectivity index (χ0n) is 10.7. The molecule has 0 unspecified atom stereocenters. The van der Waals surface area contributed by atoms with E-state index in [1.54, 1.807) is 0 Å². The SMILES string of the molecule is O=C([O-])[C@H]1CCCC[C@@H]1C(=O)Nc1ccc(F)cc1F. The Morgan fingerprint density at radius 1 is 1.15 bits per heavy atom. The number of carbonyl (C=O) groups excluding carboxylic acids is 2. The Kier molecular flexibility index (Phi) is 4.32. The molecule has 0 aliphatic heterocycles. The Bertz CT molecular complexity index is 533. The third kappa shape index (κ3) is 3.12. The minimum absolute atomic E-state index is 0.154. The van der Waals surface area contributed by atoms with Gasteiger partial charge in [-0.2, -0.15) is 0 Å². The summed E-state index contributed by atoms with van der Waals surface area (Å²) in [6.45, 7) is 0. The molecule has 0 radical (unpaired) electrons. The molecule has 0 bridgehead atoms. The standard InChI is InChI=1S/C14H15F2NO3/c15-8-5-6-12(11(16)7-8)17-13(18)9-3-1-2-4-10(9)14(19)20/h5-7,9-10H,1-4H2,(H,17,18)(H,19,20)/p-1/t9-,10-/m0/s1. The Morgan fingerprint density at radius 3 is 2.40 bits per heavy atom. The normalized spacial score (nSPS) is 22.3.